The molecule has 1 heterocycles. The van der Waals surface area contributed by atoms with Gasteiger partial charge in [0.05, 0.1) is 17.2 Å². The van der Waals surface area contributed by atoms with Gasteiger partial charge in [0, 0.05) is 30.3 Å². The second kappa shape index (κ2) is 5.65. The van der Waals surface area contributed by atoms with Crippen molar-refractivity contribution in [2.75, 3.05) is 13.7 Å². The van der Waals surface area contributed by atoms with E-state index in [-0.39, 0.29) is 34.7 Å². The second-order valence-electron chi connectivity index (χ2n) is 4.41. The van der Waals surface area contributed by atoms with Crippen LogP contribution in [-0.2, 0) is 9.53 Å². The number of carbonyl (C=O) groups excluding carboxylic acids is 2. The molecule has 0 saturated carbocycles. The molecule has 112 valence electrons. The van der Waals surface area contributed by atoms with Crippen LogP contribution in [0.1, 0.15) is 22.8 Å². The largest absolute Gasteiger partial charge is 0.462 e. The van der Waals surface area contributed by atoms with E-state index in [4.69, 9.17) is 4.74 Å². The molecule has 0 bridgehead atoms. The van der Waals surface area contributed by atoms with E-state index in [0.717, 1.165) is 4.90 Å². The normalized spacial score (nSPS) is 15.1. The standard InChI is InChI=1S/C14H11N3O5/c1-3-22-14(19)11(7-15)12-10-6-8(17(20)21)4-5-9(10)13(18)16(12)2/h4-6H,3H2,1-2H3/b12-11-. The summed E-state index contributed by atoms with van der Waals surface area (Å²) in [7, 11) is 1.39. The second-order valence-corrected chi connectivity index (χ2v) is 4.41. The van der Waals surface area contributed by atoms with Crippen molar-refractivity contribution in [3.05, 3.63) is 45.0 Å². The molecule has 0 aliphatic carbocycles. The molecule has 1 amide bonds. The molecule has 1 aliphatic rings. The molecule has 0 atom stereocenters. The third-order valence-electron chi connectivity index (χ3n) is 3.17. The van der Waals surface area contributed by atoms with E-state index in [0.29, 0.717) is 0 Å². The van der Waals surface area contributed by atoms with Gasteiger partial charge in [-0.25, -0.2) is 4.79 Å². The number of fused-ring (bicyclic) bond motifs is 1. The molecular weight excluding hydrogens is 290 g/mol. The first kappa shape index (κ1) is 15.2. The maximum Gasteiger partial charge on any atom is 0.351 e. The number of ether oxygens (including phenoxy) is 1. The fraction of sp³-hybridized carbons (Fsp3) is 0.214. The van der Waals surface area contributed by atoms with E-state index in [1.165, 1.54) is 25.2 Å². The Morgan fingerprint density at radius 3 is 2.68 bits per heavy atom. The fourth-order valence-electron chi connectivity index (χ4n) is 2.19. The first-order chi connectivity index (χ1) is 10.4. The van der Waals surface area contributed by atoms with Crippen molar-refractivity contribution in [3.8, 4) is 6.07 Å². The third kappa shape index (κ3) is 2.29. The zero-order chi connectivity index (χ0) is 16.4. The van der Waals surface area contributed by atoms with Crippen molar-refractivity contribution in [1.29, 1.82) is 5.26 Å². The lowest BCUT2D eigenvalue weighted by atomic mass is 10.0. The molecule has 0 spiro atoms. The van der Waals surface area contributed by atoms with Crippen LogP contribution in [0.3, 0.4) is 0 Å². The van der Waals surface area contributed by atoms with Crippen molar-refractivity contribution < 1.29 is 19.2 Å². The van der Waals surface area contributed by atoms with Crippen LogP contribution < -0.4 is 0 Å². The number of amides is 1. The maximum atomic E-state index is 12.1. The Labute approximate surface area is 125 Å². The van der Waals surface area contributed by atoms with Crippen molar-refractivity contribution in [1.82, 2.24) is 4.90 Å². The molecule has 8 nitrogen and oxygen atoms in total. The van der Waals surface area contributed by atoms with Crippen LogP contribution in [0.15, 0.2) is 23.8 Å². The van der Waals surface area contributed by atoms with Crippen molar-refractivity contribution in [2.45, 2.75) is 6.92 Å². The maximum absolute atomic E-state index is 12.1. The molecule has 0 N–H and O–H groups in total. The molecule has 0 unspecified atom stereocenters. The lowest BCUT2D eigenvalue weighted by Gasteiger charge is -2.13. The Bertz CT molecular complexity index is 760. The van der Waals surface area contributed by atoms with E-state index >= 15 is 0 Å². The quantitative estimate of drug-likeness (QED) is 0.274. The Morgan fingerprint density at radius 2 is 2.14 bits per heavy atom. The smallest absolute Gasteiger partial charge is 0.351 e. The summed E-state index contributed by atoms with van der Waals surface area (Å²) in [5, 5.41) is 20.1. The Kier molecular flexibility index (Phi) is 3.90. The van der Waals surface area contributed by atoms with Gasteiger partial charge in [0.2, 0.25) is 0 Å². The molecule has 1 aromatic carbocycles. The van der Waals surface area contributed by atoms with Gasteiger partial charge in [-0.05, 0) is 13.0 Å². The average molecular weight is 301 g/mol. The summed E-state index contributed by atoms with van der Waals surface area (Å²) in [6, 6.07) is 5.38. The molecule has 2 rings (SSSR count). The summed E-state index contributed by atoms with van der Waals surface area (Å²) in [4.78, 5) is 35.4. The SMILES string of the molecule is CCOC(=O)/C(C#N)=C1/c2cc([N+](=O)[O-])ccc2C(=O)N1C. The van der Waals surface area contributed by atoms with Crippen LogP contribution in [-0.4, -0.2) is 35.4 Å². The van der Waals surface area contributed by atoms with Gasteiger partial charge < -0.3 is 9.64 Å². The monoisotopic (exact) mass is 301 g/mol. The number of esters is 1. The number of rotatable bonds is 3. The van der Waals surface area contributed by atoms with Crippen LogP contribution in [0.5, 0.6) is 0 Å². The van der Waals surface area contributed by atoms with Gasteiger partial charge in [-0.15, -0.1) is 0 Å². The highest BCUT2D eigenvalue weighted by atomic mass is 16.6. The van der Waals surface area contributed by atoms with E-state index in [2.05, 4.69) is 0 Å². The Balaban J connectivity index is 2.72. The summed E-state index contributed by atoms with van der Waals surface area (Å²) >= 11 is 0. The van der Waals surface area contributed by atoms with Crippen molar-refractivity contribution in [3.63, 3.8) is 0 Å². The number of nitro groups is 1. The van der Waals surface area contributed by atoms with Gasteiger partial charge in [-0.2, -0.15) is 5.26 Å². The van der Waals surface area contributed by atoms with Crippen LogP contribution in [0.2, 0.25) is 0 Å². The average Bonchev–Trinajstić information content (AvgIpc) is 2.73. The van der Waals surface area contributed by atoms with E-state index < -0.39 is 16.8 Å². The van der Waals surface area contributed by atoms with Gasteiger partial charge >= 0.3 is 5.97 Å². The van der Waals surface area contributed by atoms with Gasteiger partial charge in [-0.1, -0.05) is 0 Å². The van der Waals surface area contributed by atoms with Crippen LogP contribution in [0, 0.1) is 21.4 Å². The molecule has 1 aromatic rings. The number of carbonyl (C=O) groups is 2. The summed E-state index contributed by atoms with van der Waals surface area (Å²) in [6.07, 6.45) is 0. The summed E-state index contributed by atoms with van der Waals surface area (Å²) in [5.41, 5.74) is -0.214. The number of nitro benzene ring substituents is 1. The number of nitrogens with zero attached hydrogens (tertiary/aromatic N) is 3. The predicted molar refractivity (Wildman–Crippen MR) is 74.4 cm³/mol. The van der Waals surface area contributed by atoms with Crippen LogP contribution in [0.25, 0.3) is 5.70 Å². The molecular formula is C14H11N3O5. The highest BCUT2D eigenvalue weighted by molar-refractivity contribution is 6.14. The van der Waals surface area contributed by atoms with Crippen molar-refractivity contribution in [2.24, 2.45) is 0 Å². The van der Waals surface area contributed by atoms with E-state index in [1.54, 1.807) is 13.0 Å². The molecule has 0 radical (unpaired) electrons. The lowest BCUT2D eigenvalue weighted by molar-refractivity contribution is -0.384. The first-order valence-corrected chi connectivity index (χ1v) is 6.30. The molecule has 0 aromatic heterocycles. The summed E-state index contributed by atoms with van der Waals surface area (Å²) in [6.45, 7) is 1.65. The molecule has 8 heteroatoms. The number of nitriles is 1. The summed E-state index contributed by atoms with van der Waals surface area (Å²) < 4.78 is 4.79. The number of hydrogen-bond donors (Lipinski definition) is 0. The van der Waals surface area contributed by atoms with Crippen molar-refractivity contribution >= 4 is 23.3 Å². The zero-order valence-electron chi connectivity index (χ0n) is 11.8. The minimum absolute atomic E-state index is 0.0182. The number of hydrogen-bond acceptors (Lipinski definition) is 6. The molecule has 1 aliphatic heterocycles. The molecule has 22 heavy (non-hydrogen) atoms. The molecule has 0 fully saturated rings. The lowest BCUT2D eigenvalue weighted by Crippen LogP contribution is -2.20. The van der Waals surface area contributed by atoms with Gasteiger partial charge in [-0.3, -0.25) is 14.9 Å². The topological polar surface area (TPSA) is 114 Å². The fourth-order valence-corrected chi connectivity index (χ4v) is 2.19. The first-order valence-electron chi connectivity index (χ1n) is 6.30. The summed E-state index contributed by atoms with van der Waals surface area (Å²) in [5.74, 6) is -1.32. The van der Waals surface area contributed by atoms with Gasteiger partial charge in [0.25, 0.3) is 11.6 Å². The predicted octanol–water partition coefficient (Wildman–Crippen LogP) is 1.48. The Hall–Kier alpha value is -3.21. The van der Waals surface area contributed by atoms with Crippen LogP contribution >= 0.6 is 0 Å². The zero-order valence-corrected chi connectivity index (χ0v) is 11.8. The highest BCUT2D eigenvalue weighted by Crippen LogP contribution is 2.36. The van der Waals surface area contributed by atoms with E-state index in [9.17, 15) is 25.0 Å². The minimum Gasteiger partial charge on any atom is -0.462 e. The van der Waals surface area contributed by atoms with E-state index in [1.807, 2.05) is 0 Å². The van der Waals surface area contributed by atoms with Gasteiger partial charge in [0.1, 0.15) is 6.07 Å². The highest BCUT2D eigenvalue weighted by Gasteiger charge is 2.35. The van der Waals surface area contributed by atoms with Gasteiger partial charge in [0.15, 0.2) is 5.57 Å². The molecule has 0 saturated heterocycles. The number of non-ortho nitro benzene ring substituents is 1. The number of benzene rings is 1. The minimum atomic E-state index is -0.876. The van der Waals surface area contributed by atoms with Crippen LogP contribution in [0.4, 0.5) is 5.69 Å². The Morgan fingerprint density at radius 1 is 1.45 bits per heavy atom. The third-order valence-corrected chi connectivity index (χ3v) is 3.17.